The molecule has 0 aliphatic heterocycles. The van der Waals surface area contributed by atoms with Crippen LogP contribution in [0.15, 0.2) is 40.2 Å². The lowest BCUT2D eigenvalue weighted by Crippen LogP contribution is -2.48. The number of hydrogen-bond donors (Lipinski definition) is 3. The molecule has 3 rings (SSSR count). The molecule has 1 aromatic carbocycles. The Labute approximate surface area is 196 Å². The molecule has 2 fully saturated rings. The van der Waals surface area contributed by atoms with E-state index in [0.717, 1.165) is 38.2 Å². The Bertz CT molecular complexity index is 679. The van der Waals surface area contributed by atoms with E-state index in [-0.39, 0.29) is 46.6 Å². The van der Waals surface area contributed by atoms with Gasteiger partial charge in [0.15, 0.2) is 5.96 Å². The van der Waals surface area contributed by atoms with Crippen LogP contribution in [-0.2, 0) is 4.79 Å². The summed E-state index contributed by atoms with van der Waals surface area (Å²) >= 11 is 1.97. The predicted octanol–water partition coefficient (Wildman–Crippen LogP) is 4.18. The van der Waals surface area contributed by atoms with Gasteiger partial charge in [-0.15, -0.1) is 35.7 Å². The molecule has 0 bridgehead atoms. The van der Waals surface area contributed by atoms with E-state index in [2.05, 4.69) is 51.3 Å². The molecule has 0 aromatic heterocycles. The average molecular weight is 531 g/mol. The highest BCUT2D eigenvalue weighted by Gasteiger charge is 2.43. The van der Waals surface area contributed by atoms with Crippen LogP contribution in [-0.4, -0.2) is 42.3 Å². The summed E-state index contributed by atoms with van der Waals surface area (Å²) in [6.45, 7) is 4.95. The minimum atomic E-state index is 0. The molecule has 2 aliphatic carbocycles. The Morgan fingerprint density at radius 2 is 1.97 bits per heavy atom. The highest BCUT2D eigenvalue weighted by molar-refractivity contribution is 14.0. The van der Waals surface area contributed by atoms with Crippen LogP contribution in [0.3, 0.4) is 0 Å². The molecule has 2 aliphatic rings. The smallest absolute Gasteiger partial charge is 0.223 e. The number of amides is 1. The van der Waals surface area contributed by atoms with E-state index in [1.807, 2.05) is 32.7 Å². The van der Waals surface area contributed by atoms with Gasteiger partial charge in [0.05, 0.1) is 0 Å². The van der Waals surface area contributed by atoms with Gasteiger partial charge in [-0.2, -0.15) is 0 Å². The summed E-state index contributed by atoms with van der Waals surface area (Å²) in [6, 6.07) is 11.1. The summed E-state index contributed by atoms with van der Waals surface area (Å²) < 4.78 is 0.283. The van der Waals surface area contributed by atoms with Crippen molar-refractivity contribution in [1.29, 1.82) is 0 Å². The largest absolute Gasteiger partial charge is 0.355 e. The van der Waals surface area contributed by atoms with Gasteiger partial charge in [0.1, 0.15) is 0 Å². The minimum Gasteiger partial charge on any atom is -0.355 e. The maximum Gasteiger partial charge on any atom is 0.223 e. The van der Waals surface area contributed by atoms with Gasteiger partial charge in [0.25, 0.3) is 0 Å². The monoisotopic (exact) mass is 530 g/mol. The maximum absolute atomic E-state index is 12.4. The lowest BCUT2D eigenvalue weighted by Gasteiger charge is -2.31. The summed E-state index contributed by atoms with van der Waals surface area (Å²) in [5.41, 5.74) is 0. The molecule has 3 N–H and O–H groups in total. The molecule has 1 aromatic rings. The van der Waals surface area contributed by atoms with Gasteiger partial charge >= 0.3 is 0 Å². The molecular weight excluding hydrogens is 495 g/mol. The molecule has 29 heavy (non-hydrogen) atoms. The second-order valence-corrected chi connectivity index (χ2v) is 9.93. The molecule has 0 radical (unpaired) electrons. The molecule has 162 valence electrons. The van der Waals surface area contributed by atoms with Gasteiger partial charge in [0.2, 0.25) is 5.91 Å². The number of guanidine groups is 1. The summed E-state index contributed by atoms with van der Waals surface area (Å²) in [5.74, 6) is 1.16. The maximum atomic E-state index is 12.4. The number of benzene rings is 1. The third kappa shape index (κ3) is 7.66. The SMILES string of the molecule is CN=C(NCC1(Sc2ccccc2)CC1)NC1CCCC(C(=O)NC(C)C)C1.I. The van der Waals surface area contributed by atoms with Crippen molar-refractivity contribution in [1.82, 2.24) is 16.0 Å². The van der Waals surface area contributed by atoms with E-state index in [1.54, 1.807) is 0 Å². The molecule has 5 nitrogen and oxygen atoms in total. The van der Waals surface area contributed by atoms with E-state index in [4.69, 9.17) is 0 Å². The van der Waals surface area contributed by atoms with Crippen LogP contribution in [0.4, 0.5) is 0 Å². The Morgan fingerprint density at radius 1 is 1.24 bits per heavy atom. The van der Waals surface area contributed by atoms with Gasteiger partial charge in [-0.3, -0.25) is 9.79 Å². The zero-order valence-electron chi connectivity index (χ0n) is 17.7. The fourth-order valence-corrected chi connectivity index (χ4v) is 5.03. The van der Waals surface area contributed by atoms with Crippen molar-refractivity contribution in [3.05, 3.63) is 30.3 Å². The first-order chi connectivity index (χ1) is 13.5. The summed E-state index contributed by atoms with van der Waals surface area (Å²) in [7, 11) is 1.82. The van der Waals surface area contributed by atoms with Crippen LogP contribution in [0.5, 0.6) is 0 Å². The van der Waals surface area contributed by atoms with E-state index < -0.39 is 0 Å². The predicted molar refractivity (Wildman–Crippen MR) is 133 cm³/mol. The van der Waals surface area contributed by atoms with Crippen LogP contribution in [0.25, 0.3) is 0 Å². The van der Waals surface area contributed by atoms with Crippen molar-refractivity contribution in [2.45, 2.75) is 74.1 Å². The third-order valence-electron chi connectivity index (χ3n) is 5.50. The number of aliphatic imine (C=N–C) groups is 1. The van der Waals surface area contributed by atoms with Crippen molar-refractivity contribution >= 4 is 47.6 Å². The molecule has 0 spiro atoms. The first-order valence-electron chi connectivity index (χ1n) is 10.5. The summed E-state index contributed by atoms with van der Waals surface area (Å²) in [6.07, 6.45) is 6.51. The molecule has 0 heterocycles. The quantitative estimate of drug-likeness (QED) is 0.281. The number of nitrogens with one attached hydrogen (secondary N) is 3. The van der Waals surface area contributed by atoms with Gasteiger partial charge < -0.3 is 16.0 Å². The number of nitrogens with zero attached hydrogens (tertiary/aromatic N) is 1. The fourth-order valence-electron chi connectivity index (χ4n) is 3.79. The fraction of sp³-hybridized carbons (Fsp3) is 0.636. The van der Waals surface area contributed by atoms with Gasteiger partial charge in [-0.05, 0) is 58.1 Å². The topological polar surface area (TPSA) is 65.5 Å². The second kappa shape index (κ2) is 11.4. The van der Waals surface area contributed by atoms with Crippen LogP contribution < -0.4 is 16.0 Å². The Hall–Kier alpha value is -0.960. The molecule has 2 atom stereocenters. The minimum absolute atomic E-state index is 0. The standard InChI is InChI=1S/C22H34N4OS.HI/c1-16(2)25-20(27)17-8-7-9-18(14-17)26-21(23-3)24-15-22(12-13-22)28-19-10-5-4-6-11-19;/h4-6,10-11,16-18H,7-9,12-15H2,1-3H3,(H,25,27)(H2,23,24,26);1H. The van der Waals surface area contributed by atoms with Crippen LogP contribution >= 0.6 is 35.7 Å². The zero-order chi connectivity index (χ0) is 20.0. The second-order valence-electron chi connectivity index (χ2n) is 8.39. The molecule has 2 unspecified atom stereocenters. The molecular formula is C22H35IN4OS. The highest BCUT2D eigenvalue weighted by Crippen LogP contribution is 2.51. The summed E-state index contributed by atoms with van der Waals surface area (Å²) in [4.78, 5) is 18.1. The van der Waals surface area contributed by atoms with Crippen molar-refractivity contribution < 1.29 is 4.79 Å². The Kier molecular flexibility index (Phi) is 9.59. The molecule has 2 saturated carbocycles. The summed E-state index contributed by atoms with van der Waals surface area (Å²) in [5, 5.41) is 10.2. The van der Waals surface area contributed by atoms with Crippen LogP contribution in [0.2, 0.25) is 0 Å². The molecule has 1 amide bonds. The van der Waals surface area contributed by atoms with Crippen molar-refractivity contribution in [2.24, 2.45) is 10.9 Å². The van der Waals surface area contributed by atoms with Crippen LogP contribution in [0.1, 0.15) is 52.4 Å². The third-order valence-corrected chi connectivity index (χ3v) is 7.00. The lowest BCUT2D eigenvalue weighted by atomic mass is 9.85. The first-order valence-corrected chi connectivity index (χ1v) is 11.3. The number of thioether (sulfide) groups is 1. The lowest BCUT2D eigenvalue weighted by molar-refractivity contribution is -0.126. The van der Waals surface area contributed by atoms with E-state index in [0.29, 0.717) is 6.04 Å². The van der Waals surface area contributed by atoms with E-state index in [1.165, 1.54) is 17.7 Å². The number of rotatable bonds is 7. The van der Waals surface area contributed by atoms with Crippen molar-refractivity contribution in [3.63, 3.8) is 0 Å². The number of carbonyl (C=O) groups excluding carboxylic acids is 1. The van der Waals surface area contributed by atoms with E-state index >= 15 is 0 Å². The van der Waals surface area contributed by atoms with Gasteiger partial charge in [-0.25, -0.2) is 0 Å². The number of halogens is 1. The van der Waals surface area contributed by atoms with Gasteiger partial charge in [0, 0.05) is 41.2 Å². The Balaban J connectivity index is 0.00000300. The van der Waals surface area contributed by atoms with E-state index in [9.17, 15) is 4.79 Å². The normalized spacial score (nSPS) is 23.1. The number of hydrogen-bond acceptors (Lipinski definition) is 3. The van der Waals surface area contributed by atoms with Crippen molar-refractivity contribution in [2.75, 3.05) is 13.6 Å². The zero-order valence-corrected chi connectivity index (χ0v) is 20.9. The number of carbonyl (C=O) groups is 1. The molecule has 7 heteroatoms. The highest BCUT2D eigenvalue weighted by atomic mass is 127. The molecule has 0 saturated heterocycles. The van der Waals surface area contributed by atoms with Crippen LogP contribution in [0, 0.1) is 5.92 Å². The first kappa shape index (κ1) is 24.3. The Morgan fingerprint density at radius 3 is 2.59 bits per heavy atom. The van der Waals surface area contributed by atoms with Gasteiger partial charge in [-0.1, -0.05) is 24.6 Å². The van der Waals surface area contributed by atoms with Crippen molar-refractivity contribution in [3.8, 4) is 0 Å². The average Bonchev–Trinajstić information content (AvgIpc) is 3.45.